The highest BCUT2D eigenvalue weighted by molar-refractivity contribution is 6.23. The molecule has 0 unspecified atom stereocenters. The van der Waals surface area contributed by atoms with Crippen LogP contribution in [0.4, 0.5) is 5.69 Å². The van der Waals surface area contributed by atoms with E-state index in [9.17, 15) is 5.11 Å². The minimum Gasteiger partial charge on any atom is -0.510 e. The number of aliphatic hydroxyl groups excluding tert-OH is 1. The molecule has 0 saturated carbocycles. The van der Waals surface area contributed by atoms with Crippen molar-refractivity contribution in [3.63, 3.8) is 0 Å². The molecule has 1 saturated heterocycles. The van der Waals surface area contributed by atoms with Gasteiger partial charge < -0.3 is 24.8 Å². The molecule has 3 aromatic rings. The number of hydrogen-bond acceptors (Lipinski definition) is 5. The second kappa shape index (κ2) is 8.07. The molecular weight excluding hydrogens is 388 g/mol. The van der Waals surface area contributed by atoms with E-state index >= 15 is 0 Å². The molecule has 31 heavy (non-hydrogen) atoms. The number of nitrogens with one attached hydrogen (secondary N) is 2. The summed E-state index contributed by atoms with van der Waals surface area (Å²) in [5.74, 6) is 1.10. The number of rotatable bonds is 5. The summed E-state index contributed by atoms with van der Waals surface area (Å²) in [7, 11) is 2.15. The van der Waals surface area contributed by atoms with E-state index in [-0.39, 0.29) is 5.76 Å². The summed E-state index contributed by atoms with van der Waals surface area (Å²) < 4.78 is 0. The van der Waals surface area contributed by atoms with Gasteiger partial charge in [-0.25, -0.2) is 4.98 Å². The molecule has 0 atom stereocenters. The van der Waals surface area contributed by atoms with Crippen LogP contribution in [0.1, 0.15) is 11.4 Å². The van der Waals surface area contributed by atoms with E-state index < -0.39 is 0 Å². The fourth-order valence-corrected chi connectivity index (χ4v) is 4.36. The third kappa shape index (κ3) is 3.88. The van der Waals surface area contributed by atoms with Crippen molar-refractivity contribution in [1.29, 1.82) is 5.41 Å². The highest BCUT2D eigenvalue weighted by Crippen LogP contribution is 2.29. The number of anilines is 1. The Morgan fingerprint density at radius 1 is 1.06 bits per heavy atom. The Labute approximate surface area is 182 Å². The number of aromatic nitrogens is 2. The highest BCUT2D eigenvalue weighted by Gasteiger charge is 2.30. The monoisotopic (exact) mass is 416 g/mol. The molecule has 0 aliphatic carbocycles. The molecule has 0 radical (unpaired) electrons. The topological polar surface area (TPSA) is 82.5 Å². The minimum atomic E-state index is 0.205. The summed E-state index contributed by atoms with van der Waals surface area (Å²) in [6.07, 6.45) is 0.832. The molecule has 5 rings (SSSR count). The number of nitrogens with zero attached hydrogens (tertiary/aromatic N) is 4. The van der Waals surface area contributed by atoms with E-state index in [1.165, 1.54) is 11.3 Å². The van der Waals surface area contributed by atoms with Crippen LogP contribution < -0.4 is 4.90 Å². The second-order valence-electron chi connectivity index (χ2n) is 8.40. The molecule has 0 amide bonds. The molecule has 7 heteroatoms. The van der Waals surface area contributed by atoms with Crippen molar-refractivity contribution in [3.05, 3.63) is 65.7 Å². The zero-order valence-electron chi connectivity index (χ0n) is 17.8. The number of imidazole rings is 1. The minimum absolute atomic E-state index is 0.205. The number of amidine groups is 1. The third-order valence-electron chi connectivity index (χ3n) is 6.27. The normalized spacial score (nSPS) is 17.9. The predicted octanol–water partition coefficient (Wildman–Crippen LogP) is 3.12. The van der Waals surface area contributed by atoms with Crippen LogP contribution in [0.25, 0.3) is 16.6 Å². The van der Waals surface area contributed by atoms with Gasteiger partial charge >= 0.3 is 0 Å². The first-order chi connectivity index (χ1) is 15.1. The van der Waals surface area contributed by atoms with Crippen molar-refractivity contribution in [1.82, 2.24) is 19.8 Å². The van der Waals surface area contributed by atoms with Crippen LogP contribution in [0.3, 0.4) is 0 Å². The van der Waals surface area contributed by atoms with Gasteiger partial charge in [0.1, 0.15) is 17.4 Å². The van der Waals surface area contributed by atoms with Crippen molar-refractivity contribution in [3.8, 4) is 0 Å². The SMILES string of the molecule is CN1CCN(c2ccc3nc(C4=C(O)CN(CCc5ccccc5)C4=N)[nH]c3c2)CC1. The first kappa shape index (κ1) is 19.6. The summed E-state index contributed by atoms with van der Waals surface area (Å²) in [4.78, 5) is 14.7. The van der Waals surface area contributed by atoms with Crippen molar-refractivity contribution in [2.45, 2.75) is 6.42 Å². The Kier molecular flexibility index (Phi) is 5.11. The molecule has 0 spiro atoms. The van der Waals surface area contributed by atoms with Crippen molar-refractivity contribution in [2.24, 2.45) is 0 Å². The maximum absolute atomic E-state index is 10.6. The van der Waals surface area contributed by atoms with Gasteiger partial charge in [-0.3, -0.25) is 5.41 Å². The van der Waals surface area contributed by atoms with E-state index in [1.54, 1.807) is 0 Å². The molecule has 1 aromatic heterocycles. The lowest BCUT2D eigenvalue weighted by molar-refractivity contribution is 0.313. The lowest BCUT2D eigenvalue weighted by atomic mass is 10.1. The number of piperazine rings is 1. The van der Waals surface area contributed by atoms with E-state index in [2.05, 4.69) is 51.1 Å². The average molecular weight is 417 g/mol. The van der Waals surface area contributed by atoms with E-state index in [0.717, 1.165) is 43.6 Å². The van der Waals surface area contributed by atoms with Crippen molar-refractivity contribution >= 4 is 28.1 Å². The van der Waals surface area contributed by atoms with Crippen molar-refractivity contribution in [2.75, 3.05) is 51.2 Å². The predicted molar refractivity (Wildman–Crippen MR) is 125 cm³/mol. The third-order valence-corrected chi connectivity index (χ3v) is 6.27. The number of fused-ring (bicyclic) bond motifs is 1. The lowest BCUT2D eigenvalue weighted by Crippen LogP contribution is -2.44. The molecule has 0 bridgehead atoms. The molecular formula is C24H28N6O. The zero-order chi connectivity index (χ0) is 21.4. The molecule has 2 aromatic carbocycles. The van der Waals surface area contributed by atoms with Crippen LogP contribution in [-0.2, 0) is 6.42 Å². The fraction of sp³-hybridized carbons (Fsp3) is 0.333. The number of H-pyrrole nitrogens is 1. The Morgan fingerprint density at radius 3 is 2.61 bits per heavy atom. The van der Waals surface area contributed by atoms with Crippen LogP contribution in [0.5, 0.6) is 0 Å². The van der Waals surface area contributed by atoms with Crippen LogP contribution in [0.2, 0.25) is 0 Å². The Morgan fingerprint density at radius 2 is 1.84 bits per heavy atom. The average Bonchev–Trinajstić information content (AvgIpc) is 3.32. The molecule has 1 fully saturated rings. The van der Waals surface area contributed by atoms with E-state index in [4.69, 9.17) is 5.41 Å². The lowest BCUT2D eigenvalue weighted by Gasteiger charge is -2.34. The van der Waals surface area contributed by atoms with E-state index in [1.807, 2.05) is 29.2 Å². The van der Waals surface area contributed by atoms with Gasteiger partial charge in [0.15, 0.2) is 0 Å². The number of aromatic amines is 1. The van der Waals surface area contributed by atoms with Gasteiger partial charge in [0.25, 0.3) is 0 Å². The Balaban J connectivity index is 1.33. The number of aliphatic hydroxyl groups is 1. The number of likely N-dealkylation sites (N-methyl/N-ethyl adjacent to an activating group) is 1. The van der Waals surface area contributed by atoms with Crippen LogP contribution in [0.15, 0.2) is 54.3 Å². The maximum Gasteiger partial charge on any atom is 0.145 e. The van der Waals surface area contributed by atoms with Gasteiger partial charge in [-0.15, -0.1) is 0 Å². The number of hydrogen-bond donors (Lipinski definition) is 3. The van der Waals surface area contributed by atoms with Gasteiger partial charge in [-0.05, 0) is 37.2 Å². The van der Waals surface area contributed by atoms with Crippen molar-refractivity contribution < 1.29 is 5.11 Å². The van der Waals surface area contributed by atoms with Gasteiger partial charge in [-0.1, -0.05) is 30.3 Å². The Hall–Kier alpha value is -3.32. The molecule has 7 nitrogen and oxygen atoms in total. The van der Waals surface area contributed by atoms with Gasteiger partial charge in [0.05, 0.1) is 23.2 Å². The summed E-state index contributed by atoms with van der Waals surface area (Å²) in [5, 5.41) is 19.2. The largest absolute Gasteiger partial charge is 0.510 e. The standard InChI is InChI=1S/C24H28N6O/c1-28-11-13-29(14-12-28)18-7-8-19-20(15-18)27-24(26-19)22-21(31)16-30(23(22)25)10-9-17-5-3-2-4-6-17/h2-8,15,25,31H,9-14,16H2,1H3,(H,26,27). The Bertz CT molecular complexity index is 1130. The van der Waals surface area contributed by atoms with Gasteiger partial charge in [0, 0.05) is 38.4 Å². The molecule has 3 heterocycles. The molecule has 2 aliphatic heterocycles. The van der Waals surface area contributed by atoms with Crippen LogP contribution in [0, 0.1) is 5.41 Å². The zero-order valence-corrected chi connectivity index (χ0v) is 17.8. The van der Waals surface area contributed by atoms with Crippen LogP contribution >= 0.6 is 0 Å². The quantitative estimate of drug-likeness (QED) is 0.595. The van der Waals surface area contributed by atoms with Gasteiger partial charge in [-0.2, -0.15) is 0 Å². The first-order valence-corrected chi connectivity index (χ1v) is 10.8. The maximum atomic E-state index is 10.6. The van der Waals surface area contributed by atoms with E-state index in [0.29, 0.717) is 30.3 Å². The molecule has 2 aliphatic rings. The molecule has 3 N–H and O–H groups in total. The fourth-order valence-electron chi connectivity index (χ4n) is 4.36. The molecule has 160 valence electrons. The second-order valence-corrected chi connectivity index (χ2v) is 8.40. The summed E-state index contributed by atoms with van der Waals surface area (Å²) >= 11 is 0. The van der Waals surface area contributed by atoms with Crippen LogP contribution in [-0.4, -0.2) is 77.0 Å². The first-order valence-electron chi connectivity index (χ1n) is 10.8. The number of benzene rings is 2. The smallest absolute Gasteiger partial charge is 0.145 e. The van der Waals surface area contributed by atoms with Gasteiger partial charge in [0.2, 0.25) is 0 Å². The highest BCUT2D eigenvalue weighted by atomic mass is 16.3. The summed E-state index contributed by atoms with van der Waals surface area (Å²) in [6, 6.07) is 16.5. The summed E-state index contributed by atoms with van der Waals surface area (Å²) in [6.45, 7) is 5.17. The summed E-state index contributed by atoms with van der Waals surface area (Å²) in [5.41, 5.74) is 4.69.